The van der Waals surface area contributed by atoms with Crippen LogP contribution < -0.4 is 0 Å². The molecule has 0 unspecified atom stereocenters. The number of Topliss-reactive ketones (excluding diaryl/α,β-unsaturated/α-hetero) is 1. The van der Waals surface area contributed by atoms with Gasteiger partial charge in [0.2, 0.25) is 0 Å². The lowest BCUT2D eigenvalue weighted by Gasteiger charge is -2.07. The van der Waals surface area contributed by atoms with Crippen LogP contribution in [0.15, 0.2) is 12.2 Å². The molecule has 0 aromatic carbocycles. The standard InChI is InChI=1S/C14H20O3/c1-10(2)12(15)7-5-3-4-6-11-13(16)8-9-14(11)17/h8-11H,3-7H2,1-2H3. The van der Waals surface area contributed by atoms with Crippen LogP contribution in [0.2, 0.25) is 0 Å². The second kappa shape index (κ2) is 6.48. The lowest BCUT2D eigenvalue weighted by molar-refractivity contribution is -0.126. The zero-order valence-electron chi connectivity index (χ0n) is 10.6. The second-order valence-corrected chi connectivity index (χ2v) is 4.91. The van der Waals surface area contributed by atoms with Crippen molar-refractivity contribution in [1.29, 1.82) is 0 Å². The molecule has 94 valence electrons. The van der Waals surface area contributed by atoms with Crippen molar-refractivity contribution in [2.75, 3.05) is 0 Å². The molecule has 0 aliphatic heterocycles. The summed E-state index contributed by atoms with van der Waals surface area (Å²) in [6, 6.07) is 0. The van der Waals surface area contributed by atoms with Crippen molar-refractivity contribution in [2.24, 2.45) is 11.8 Å². The van der Waals surface area contributed by atoms with Gasteiger partial charge in [0.25, 0.3) is 0 Å². The third-order valence-electron chi connectivity index (χ3n) is 3.16. The lowest BCUT2D eigenvalue weighted by Crippen LogP contribution is -2.15. The molecule has 0 aromatic rings. The van der Waals surface area contributed by atoms with Crippen LogP contribution in [0.4, 0.5) is 0 Å². The van der Waals surface area contributed by atoms with E-state index in [-0.39, 0.29) is 17.5 Å². The molecule has 3 heteroatoms. The summed E-state index contributed by atoms with van der Waals surface area (Å²) in [4.78, 5) is 33.9. The van der Waals surface area contributed by atoms with E-state index in [2.05, 4.69) is 0 Å². The Labute approximate surface area is 102 Å². The Hall–Kier alpha value is -1.25. The summed E-state index contributed by atoms with van der Waals surface area (Å²) in [5, 5.41) is 0. The first-order valence-electron chi connectivity index (χ1n) is 6.31. The maximum atomic E-state index is 11.3. The molecule has 1 rings (SSSR count). The summed E-state index contributed by atoms with van der Waals surface area (Å²) < 4.78 is 0. The number of hydrogen-bond donors (Lipinski definition) is 0. The third-order valence-corrected chi connectivity index (χ3v) is 3.16. The van der Waals surface area contributed by atoms with Gasteiger partial charge in [-0.05, 0) is 25.0 Å². The average Bonchev–Trinajstić information content (AvgIpc) is 2.59. The molecule has 17 heavy (non-hydrogen) atoms. The van der Waals surface area contributed by atoms with Crippen molar-refractivity contribution in [1.82, 2.24) is 0 Å². The van der Waals surface area contributed by atoms with Crippen LogP contribution in [-0.4, -0.2) is 17.3 Å². The van der Waals surface area contributed by atoms with E-state index < -0.39 is 5.92 Å². The van der Waals surface area contributed by atoms with Gasteiger partial charge in [0.1, 0.15) is 5.78 Å². The maximum Gasteiger partial charge on any atom is 0.166 e. The first-order chi connectivity index (χ1) is 8.02. The molecule has 0 heterocycles. The molecule has 3 nitrogen and oxygen atoms in total. The molecular weight excluding hydrogens is 216 g/mol. The van der Waals surface area contributed by atoms with Gasteiger partial charge in [-0.25, -0.2) is 0 Å². The summed E-state index contributed by atoms with van der Waals surface area (Å²) in [6.07, 6.45) is 6.60. The van der Waals surface area contributed by atoms with E-state index in [0.29, 0.717) is 18.6 Å². The van der Waals surface area contributed by atoms with Gasteiger partial charge in [-0.15, -0.1) is 0 Å². The van der Waals surface area contributed by atoms with Crippen molar-refractivity contribution in [3.8, 4) is 0 Å². The largest absolute Gasteiger partial charge is 0.299 e. The van der Waals surface area contributed by atoms with Gasteiger partial charge < -0.3 is 0 Å². The molecule has 0 N–H and O–H groups in total. The summed E-state index contributed by atoms with van der Waals surface area (Å²) in [7, 11) is 0. The number of allylic oxidation sites excluding steroid dienone is 2. The molecule has 0 radical (unpaired) electrons. The maximum absolute atomic E-state index is 11.3. The molecule has 0 saturated heterocycles. The molecule has 0 aromatic heterocycles. The van der Waals surface area contributed by atoms with Crippen molar-refractivity contribution in [3.63, 3.8) is 0 Å². The molecule has 0 spiro atoms. The first-order valence-corrected chi connectivity index (χ1v) is 6.31. The van der Waals surface area contributed by atoms with Gasteiger partial charge in [-0.3, -0.25) is 14.4 Å². The van der Waals surface area contributed by atoms with Gasteiger partial charge in [0.05, 0.1) is 5.92 Å². The van der Waals surface area contributed by atoms with E-state index in [4.69, 9.17) is 0 Å². The van der Waals surface area contributed by atoms with E-state index in [0.717, 1.165) is 19.3 Å². The summed E-state index contributed by atoms with van der Waals surface area (Å²) in [5.74, 6) is -0.158. The minimum atomic E-state index is -0.434. The highest BCUT2D eigenvalue weighted by molar-refractivity contribution is 6.18. The molecule has 1 aliphatic rings. The van der Waals surface area contributed by atoms with Crippen LogP contribution in [0.5, 0.6) is 0 Å². The van der Waals surface area contributed by atoms with E-state index in [1.807, 2.05) is 13.8 Å². The fourth-order valence-corrected chi connectivity index (χ4v) is 1.93. The minimum Gasteiger partial charge on any atom is -0.299 e. The van der Waals surface area contributed by atoms with Crippen LogP contribution in [0.3, 0.4) is 0 Å². The van der Waals surface area contributed by atoms with Crippen LogP contribution in [0.25, 0.3) is 0 Å². The summed E-state index contributed by atoms with van der Waals surface area (Å²) >= 11 is 0. The fourth-order valence-electron chi connectivity index (χ4n) is 1.93. The van der Waals surface area contributed by atoms with Crippen LogP contribution in [0.1, 0.15) is 46.0 Å². The number of ketones is 3. The normalized spacial score (nSPS) is 16.2. The Balaban J connectivity index is 2.11. The molecule has 0 saturated carbocycles. The first kappa shape index (κ1) is 13.8. The smallest absolute Gasteiger partial charge is 0.166 e. The van der Waals surface area contributed by atoms with E-state index in [1.54, 1.807) is 0 Å². The topological polar surface area (TPSA) is 51.2 Å². The highest BCUT2D eigenvalue weighted by atomic mass is 16.2. The Bertz CT molecular complexity index is 321. The molecule has 0 bridgehead atoms. The highest BCUT2D eigenvalue weighted by Crippen LogP contribution is 2.18. The number of rotatable bonds is 7. The Morgan fingerprint density at radius 2 is 1.71 bits per heavy atom. The third kappa shape index (κ3) is 4.25. The lowest BCUT2D eigenvalue weighted by atomic mass is 9.96. The second-order valence-electron chi connectivity index (χ2n) is 4.91. The Morgan fingerprint density at radius 3 is 2.24 bits per heavy atom. The quantitative estimate of drug-likeness (QED) is 0.504. The molecular formula is C14H20O3. The Kier molecular flexibility index (Phi) is 5.26. The van der Waals surface area contributed by atoms with E-state index in [1.165, 1.54) is 12.2 Å². The number of hydrogen-bond acceptors (Lipinski definition) is 3. The predicted octanol–water partition coefficient (Wildman–Crippen LogP) is 2.49. The van der Waals surface area contributed by atoms with Gasteiger partial charge in [0, 0.05) is 12.3 Å². The Morgan fingerprint density at radius 1 is 1.12 bits per heavy atom. The summed E-state index contributed by atoms with van der Waals surface area (Å²) in [5.41, 5.74) is 0. The fraction of sp³-hybridized carbons (Fsp3) is 0.643. The molecule has 0 amide bonds. The van der Waals surface area contributed by atoms with Gasteiger partial charge in [-0.1, -0.05) is 26.7 Å². The van der Waals surface area contributed by atoms with Gasteiger partial charge in [0.15, 0.2) is 11.6 Å². The number of carbonyl (C=O) groups is 3. The van der Waals surface area contributed by atoms with Crippen molar-refractivity contribution in [2.45, 2.75) is 46.0 Å². The summed E-state index contributed by atoms with van der Waals surface area (Å²) in [6.45, 7) is 3.81. The minimum absolute atomic E-state index is 0.0618. The average molecular weight is 236 g/mol. The van der Waals surface area contributed by atoms with E-state index in [9.17, 15) is 14.4 Å². The zero-order valence-corrected chi connectivity index (χ0v) is 10.6. The zero-order chi connectivity index (χ0) is 12.8. The number of carbonyl (C=O) groups excluding carboxylic acids is 3. The molecule has 0 fully saturated rings. The predicted molar refractivity (Wildman–Crippen MR) is 65.6 cm³/mol. The molecule has 1 aliphatic carbocycles. The number of unbranched alkanes of at least 4 members (excludes halogenated alkanes) is 2. The SMILES string of the molecule is CC(C)C(=O)CCCCCC1C(=O)C=CC1=O. The van der Waals surface area contributed by atoms with Crippen molar-refractivity contribution in [3.05, 3.63) is 12.2 Å². The van der Waals surface area contributed by atoms with Crippen molar-refractivity contribution < 1.29 is 14.4 Å². The van der Waals surface area contributed by atoms with Crippen LogP contribution >= 0.6 is 0 Å². The monoisotopic (exact) mass is 236 g/mol. The van der Waals surface area contributed by atoms with Crippen LogP contribution in [-0.2, 0) is 14.4 Å². The van der Waals surface area contributed by atoms with Crippen LogP contribution in [0, 0.1) is 11.8 Å². The van der Waals surface area contributed by atoms with E-state index >= 15 is 0 Å². The highest BCUT2D eigenvalue weighted by Gasteiger charge is 2.26. The van der Waals surface area contributed by atoms with Gasteiger partial charge in [-0.2, -0.15) is 0 Å². The van der Waals surface area contributed by atoms with Gasteiger partial charge >= 0.3 is 0 Å². The molecule has 0 atom stereocenters. The van der Waals surface area contributed by atoms with Crippen molar-refractivity contribution >= 4 is 17.3 Å².